The van der Waals surface area contributed by atoms with Gasteiger partial charge >= 0.3 is 6.03 Å². The van der Waals surface area contributed by atoms with Crippen LogP contribution in [0.5, 0.6) is 0 Å². The fraction of sp³-hybridized carbons (Fsp3) is 0.417. The molecule has 2 aromatic carbocycles. The summed E-state index contributed by atoms with van der Waals surface area (Å²) in [5, 5.41) is 3.82. The smallest absolute Gasteiger partial charge is 0.317 e. The van der Waals surface area contributed by atoms with Crippen LogP contribution in [0.3, 0.4) is 0 Å². The van der Waals surface area contributed by atoms with Crippen molar-refractivity contribution in [3.05, 3.63) is 70.5 Å². The van der Waals surface area contributed by atoms with E-state index in [0.717, 1.165) is 0 Å². The number of halogens is 2. The van der Waals surface area contributed by atoms with Gasteiger partial charge in [0, 0.05) is 49.2 Å². The van der Waals surface area contributed by atoms with Gasteiger partial charge in [-0.25, -0.2) is 9.18 Å². The van der Waals surface area contributed by atoms with Gasteiger partial charge in [0.15, 0.2) is 0 Å². The fourth-order valence-corrected chi connectivity index (χ4v) is 4.30. The van der Waals surface area contributed by atoms with Gasteiger partial charge in [-0.15, -0.1) is 0 Å². The van der Waals surface area contributed by atoms with Crippen molar-refractivity contribution in [2.75, 3.05) is 32.7 Å². The Balaban J connectivity index is 1.31. The molecule has 4 rings (SSSR count). The van der Waals surface area contributed by atoms with E-state index in [-0.39, 0.29) is 17.8 Å². The molecule has 1 saturated carbocycles. The minimum Gasteiger partial charge on any atom is -0.337 e. The summed E-state index contributed by atoms with van der Waals surface area (Å²) in [5.74, 6) is 0.413. The number of nitrogens with zero attached hydrogens (tertiary/aromatic N) is 2. The topological polar surface area (TPSA) is 52.7 Å². The summed E-state index contributed by atoms with van der Waals surface area (Å²) >= 11 is 6.02. The first-order valence-corrected chi connectivity index (χ1v) is 11.2. The van der Waals surface area contributed by atoms with Crippen molar-refractivity contribution in [1.82, 2.24) is 15.1 Å². The lowest BCUT2D eigenvalue weighted by atomic mass is 9.94. The van der Waals surface area contributed by atoms with E-state index in [1.807, 2.05) is 24.3 Å². The molecule has 164 valence electrons. The highest BCUT2D eigenvalue weighted by Crippen LogP contribution is 2.42. The number of carbonyl (C=O) groups is 2. The van der Waals surface area contributed by atoms with Crippen LogP contribution in [0.4, 0.5) is 9.18 Å². The minimum atomic E-state index is -0.363. The zero-order chi connectivity index (χ0) is 21.8. The minimum absolute atomic E-state index is 0.0873. The Bertz CT molecular complexity index is 915. The average Bonchev–Trinajstić information content (AvgIpc) is 3.62. The Hall–Kier alpha value is -2.60. The molecule has 0 aromatic heterocycles. The fourth-order valence-electron chi connectivity index (χ4n) is 4.17. The summed E-state index contributed by atoms with van der Waals surface area (Å²) < 4.78 is 13.1. The number of benzene rings is 2. The van der Waals surface area contributed by atoms with Gasteiger partial charge in [0.05, 0.1) is 0 Å². The normalized spacial score (nSPS) is 17.7. The van der Waals surface area contributed by atoms with E-state index in [4.69, 9.17) is 11.6 Å². The van der Waals surface area contributed by atoms with Gasteiger partial charge in [-0.3, -0.25) is 4.79 Å². The van der Waals surface area contributed by atoms with Crippen LogP contribution in [-0.2, 0) is 0 Å². The largest absolute Gasteiger partial charge is 0.337 e. The highest BCUT2D eigenvalue weighted by atomic mass is 35.5. The maximum atomic E-state index is 13.1. The van der Waals surface area contributed by atoms with Crippen LogP contribution in [0.1, 0.15) is 41.1 Å². The maximum absolute atomic E-state index is 13.1. The van der Waals surface area contributed by atoms with Crippen LogP contribution in [0.2, 0.25) is 5.02 Å². The van der Waals surface area contributed by atoms with Crippen molar-refractivity contribution in [2.24, 2.45) is 5.92 Å². The van der Waals surface area contributed by atoms with Crippen molar-refractivity contribution in [3.63, 3.8) is 0 Å². The van der Waals surface area contributed by atoms with Crippen LogP contribution in [0.25, 0.3) is 0 Å². The Morgan fingerprint density at radius 3 is 2.29 bits per heavy atom. The molecule has 31 heavy (non-hydrogen) atoms. The monoisotopic (exact) mass is 443 g/mol. The predicted molar refractivity (Wildman–Crippen MR) is 119 cm³/mol. The average molecular weight is 444 g/mol. The van der Waals surface area contributed by atoms with Gasteiger partial charge < -0.3 is 15.1 Å². The first-order chi connectivity index (χ1) is 15.0. The number of carbonyl (C=O) groups excluding carboxylic acids is 2. The molecule has 1 aliphatic heterocycles. The van der Waals surface area contributed by atoms with Gasteiger partial charge in [-0.2, -0.15) is 0 Å². The van der Waals surface area contributed by atoms with Crippen LogP contribution >= 0.6 is 11.6 Å². The van der Waals surface area contributed by atoms with E-state index in [9.17, 15) is 14.0 Å². The molecule has 1 aliphatic carbocycles. The Morgan fingerprint density at radius 2 is 1.61 bits per heavy atom. The van der Waals surface area contributed by atoms with Crippen molar-refractivity contribution in [2.45, 2.75) is 25.2 Å². The van der Waals surface area contributed by atoms with Crippen LogP contribution < -0.4 is 5.32 Å². The highest BCUT2D eigenvalue weighted by Gasteiger charge is 2.33. The zero-order valence-corrected chi connectivity index (χ0v) is 18.2. The van der Waals surface area contributed by atoms with E-state index in [2.05, 4.69) is 5.32 Å². The number of amides is 3. The predicted octanol–water partition coefficient (Wildman–Crippen LogP) is 4.53. The highest BCUT2D eigenvalue weighted by molar-refractivity contribution is 6.30. The van der Waals surface area contributed by atoms with Gasteiger partial charge in [0.2, 0.25) is 0 Å². The molecule has 1 unspecified atom stereocenters. The second-order valence-electron chi connectivity index (χ2n) is 8.32. The lowest BCUT2D eigenvalue weighted by molar-refractivity contribution is 0.0762. The van der Waals surface area contributed by atoms with Crippen LogP contribution in [0.15, 0.2) is 48.5 Å². The van der Waals surface area contributed by atoms with Crippen molar-refractivity contribution in [1.29, 1.82) is 0 Å². The number of nitrogens with one attached hydrogen (secondary N) is 1. The summed E-state index contributed by atoms with van der Waals surface area (Å²) in [4.78, 5) is 29.0. The van der Waals surface area contributed by atoms with Crippen molar-refractivity contribution in [3.8, 4) is 0 Å². The van der Waals surface area contributed by atoms with Crippen molar-refractivity contribution >= 4 is 23.5 Å². The lowest BCUT2D eigenvalue weighted by Crippen LogP contribution is -2.44. The van der Waals surface area contributed by atoms with Crippen LogP contribution in [-0.4, -0.2) is 54.5 Å². The number of urea groups is 1. The van der Waals surface area contributed by atoms with Crippen LogP contribution in [0, 0.1) is 11.7 Å². The van der Waals surface area contributed by atoms with E-state index < -0.39 is 0 Å². The SMILES string of the molecule is O=C(NCC(c1ccc(Cl)cc1)C1CC1)N1CCCN(C(=O)c2ccc(F)cc2)CC1. The second kappa shape index (κ2) is 9.69. The third kappa shape index (κ3) is 5.56. The van der Waals surface area contributed by atoms with E-state index in [1.165, 1.54) is 42.7 Å². The summed E-state index contributed by atoms with van der Waals surface area (Å²) in [6, 6.07) is 13.4. The molecule has 1 atom stereocenters. The molecule has 5 nitrogen and oxygen atoms in total. The maximum Gasteiger partial charge on any atom is 0.317 e. The number of rotatable bonds is 5. The quantitative estimate of drug-likeness (QED) is 0.738. The summed E-state index contributed by atoms with van der Waals surface area (Å²) in [5.41, 5.74) is 1.67. The molecule has 1 saturated heterocycles. The number of hydrogen-bond acceptors (Lipinski definition) is 2. The molecule has 3 amide bonds. The van der Waals surface area contributed by atoms with Gasteiger partial charge in [-0.1, -0.05) is 23.7 Å². The third-order valence-corrected chi connectivity index (χ3v) is 6.38. The summed E-state index contributed by atoms with van der Waals surface area (Å²) in [7, 11) is 0. The molecule has 7 heteroatoms. The Morgan fingerprint density at radius 1 is 0.968 bits per heavy atom. The molecule has 2 fully saturated rings. The summed E-state index contributed by atoms with van der Waals surface area (Å²) in [6.45, 7) is 2.73. The Labute approximate surface area is 187 Å². The zero-order valence-electron chi connectivity index (χ0n) is 17.4. The molecule has 2 aliphatic rings. The molecule has 0 spiro atoms. The standard InChI is InChI=1S/C24H27ClFN3O2/c25-20-8-4-18(5-9-20)22(17-2-3-17)16-27-24(31)29-13-1-12-28(14-15-29)23(30)19-6-10-21(26)11-7-19/h4-11,17,22H,1-3,12-16H2,(H,27,31). The van der Waals surface area contributed by atoms with E-state index in [0.29, 0.717) is 61.6 Å². The van der Waals surface area contributed by atoms with Gasteiger partial charge in [0.25, 0.3) is 5.91 Å². The van der Waals surface area contributed by atoms with Crippen molar-refractivity contribution < 1.29 is 14.0 Å². The van der Waals surface area contributed by atoms with Gasteiger partial charge in [0.1, 0.15) is 5.82 Å². The first-order valence-electron chi connectivity index (χ1n) is 10.8. The van der Waals surface area contributed by atoms with E-state index in [1.54, 1.807) is 9.80 Å². The van der Waals surface area contributed by atoms with E-state index >= 15 is 0 Å². The molecular weight excluding hydrogens is 417 g/mol. The number of hydrogen-bond donors (Lipinski definition) is 1. The molecule has 0 bridgehead atoms. The molecule has 1 N–H and O–H groups in total. The second-order valence-corrected chi connectivity index (χ2v) is 8.76. The molecular formula is C24H27ClFN3O2. The Kier molecular flexibility index (Phi) is 6.76. The molecule has 1 heterocycles. The molecule has 0 radical (unpaired) electrons. The lowest BCUT2D eigenvalue weighted by Gasteiger charge is -2.24. The summed E-state index contributed by atoms with van der Waals surface area (Å²) in [6.07, 6.45) is 3.09. The third-order valence-electron chi connectivity index (χ3n) is 6.12. The van der Waals surface area contributed by atoms with Gasteiger partial charge in [-0.05, 0) is 67.1 Å². The molecule has 2 aromatic rings. The first kappa shape index (κ1) is 21.6.